The summed E-state index contributed by atoms with van der Waals surface area (Å²) in [5, 5.41) is 15.8. The summed E-state index contributed by atoms with van der Waals surface area (Å²) in [6.07, 6.45) is 4.01. The molecule has 0 saturated heterocycles. The molecule has 0 radical (unpaired) electrons. The average molecular weight is 211 g/mol. The highest BCUT2D eigenvalue weighted by Gasteiger charge is 2.04. The van der Waals surface area contributed by atoms with Crippen LogP contribution >= 0.6 is 0 Å². The molecule has 0 aliphatic heterocycles. The number of aromatic nitrogens is 2. The van der Waals surface area contributed by atoms with E-state index >= 15 is 0 Å². The Morgan fingerprint density at radius 3 is 3.00 bits per heavy atom. The lowest BCUT2D eigenvalue weighted by atomic mass is 10.2. The van der Waals surface area contributed by atoms with Crippen LogP contribution in [0.5, 0.6) is 0 Å². The van der Waals surface area contributed by atoms with E-state index < -0.39 is 6.10 Å². The van der Waals surface area contributed by atoms with E-state index in [-0.39, 0.29) is 5.91 Å². The lowest BCUT2D eigenvalue weighted by Gasteiger charge is -2.04. The van der Waals surface area contributed by atoms with Gasteiger partial charge < -0.3 is 10.4 Å². The fourth-order valence-electron chi connectivity index (χ4n) is 1.19. The van der Waals surface area contributed by atoms with Crippen molar-refractivity contribution in [2.75, 3.05) is 0 Å². The molecule has 0 aliphatic carbocycles. The van der Waals surface area contributed by atoms with Crippen molar-refractivity contribution in [2.45, 2.75) is 32.4 Å². The molecule has 1 aromatic rings. The van der Waals surface area contributed by atoms with E-state index in [0.717, 1.165) is 5.56 Å². The number of hydrogen-bond donors (Lipinski definition) is 2. The molecule has 1 aromatic heterocycles. The third-order valence-corrected chi connectivity index (χ3v) is 2.04. The second kappa shape index (κ2) is 5.50. The molecule has 0 fully saturated rings. The Morgan fingerprint density at radius 1 is 1.73 bits per heavy atom. The third-order valence-electron chi connectivity index (χ3n) is 2.04. The first-order valence-electron chi connectivity index (χ1n) is 5.00. The van der Waals surface area contributed by atoms with E-state index in [0.29, 0.717) is 19.4 Å². The van der Waals surface area contributed by atoms with Crippen molar-refractivity contribution in [1.29, 1.82) is 0 Å². The molecule has 5 nitrogen and oxygen atoms in total. The summed E-state index contributed by atoms with van der Waals surface area (Å²) in [5.41, 5.74) is 0.975. The van der Waals surface area contributed by atoms with E-state index in [2.05, 4.69) is 10.4 Å². The first-order valence-corrected chi connectivity index (χ1v) is 5.00. The van der Waals surface area contributed by atoms with Gasteiger partial charge in [-0.2, -0.15) is 5.10 Å². The molecule has 15 heavy (non-hydrogen) atoms. The molecular weight excluding hydrogens is 194 g/mol. The first kappa shape index (κ1) is 11.7. The number of amides is 1. The molecule has 5 heteroatoms. The maximum Gasteiger partial charge on any atom is 0.220 e. The third kappa shape index (κ3) is 4.60. The number of aryl methyl sites for hydroxylation is 1. The zero-order valence-corrected chi connectivity index (χ0v) is 9.10. The molecular formula is C10H17N3O2. The molecule has 84 valence electrons. The second-order valence-corrected chi connectivity index (χ2v) is 3.69. The van der Waals surface area contributed by atoms with E-state index in [1.807, 2.05) is 13.2 Å². The highest BCUT2D eigenvalue weighted by Crippen LogP contribution is 1.98. The van der Waals surface area contributed by atoms with Gasteiger partial charge in [-0.3, -0.25) is 9.48 Å². The predicted octanol–water partition coefficient (Wildman–Crippen LogP) is 0.197. The average Bonchev–Trinajstić information content (AvgIpc) is 2.58. The lowest BCUT2D eigenvalue weighted by molar-refractivity contribution is -0.121. The van der Waals surface area contributed by atoms with Crippen LogP contribution in [-0.4, -0.2) is 26.9 Å². The second-order valence-electron chi connectivity index (χ2n) is 3.69. The van der Waals surface area contributed by atoms with Crippen LogP contribution < -0.4 is 5.32 Å². The molecule has 1 heterocycles. The van der Waals surface area contributed by atoms with E-state index in [1.165, 1.54) is 0 Å². The fourth-order valence-corrected chi connectivity index (χ4v) is 1.19. The van der Waals surface area contributed by atoms with Gasteiger partial charge in [0.2, 0.25) is 5.91 Å². The van der Waals surface area contributed by atoms with Gasteiger partial charge in [-0.25, -0.2) is 0 Å². The van der Waals surface area contributed by atoms with Crippen molar-refractivity contribution < 1.29 is 9.90 Å². The standard InChI is InChI=1S/C10H17N3O2/c1-8(14)3-4-10(15)11-5-9-6-12-13(2)7-9/h6-8,14H,3-5H2,1-2H3,(H,11,15). The van der Waals surface area contributed by atoms with Crippen LogP contribution in [0.15, 0.2) is 12.4 Å². The van der Waals surface area contributed by atoms with Crippen molar-refractivity contribution in [1.82, 2.24) is 15.1 Å². The number of nitrogens with zero attached hydrogens (tertiary/aromatic N) is 2. The van der Waals surface area contributed by atoms with Gasteiger partial charge in [0.1, 0.15) is 0 Å². The van der Waals surface area contributed by atoms with Gasteiger partial charge >= 0.3 is 0 Å². The van der Waals surface area contributed by atoms with Crippen molar-refractivity contribution in [3.05, 3.63) is 18.0 Å². The molecule has 1 amide bonds. The minimum Gasteiger partial charge on any atom is -0.393 e. The van der Waals surface area contributed by atoms with Gasteiger partial charge in [0.05, 0.1) is 12.3 Å². The Bertz CT molecular complexity index is 320. The Labute approximate surface area is 89.1 Å². The number of rotatable bonds is 5. The van der Waals surface area contributed by atoms with Gasteiger partial charge in [-0.05, 0) is 13.3 Å². The van der Waals surface area contributed by atoms with E-state index in [9.17, 15) is 4.79 Å². The van der Waals surface area contributed by atoms with Crippen LogP contribution in [0, 0.1) is 0 Å². The molecule has 2 N–H and O–H groups in total. The monoisotopic (exact) mass is 211 g/mol. The molecule has 1 rings (SSSR count). The summed E-state index contributed by atoms with van der Waals surface area (Å²) in [6, 6.07) is 0. The predicted molar refractivity (Wildman–Crippen MR) is 56.0 cm³/mol. The number of carbonyl (C=O) groups is 1. The Hall–Kier alpha value is -1.36. The summed E-state index contributed by atoms with van der Waals surface area (Å²) < 4.78 is 1.69. The van der Waals surface area contributed by atoms with Gasteiger partial charge in [0.15, 0.2) is 0 Å². The first-order chi connectivity index (χ1) is 7.08. The van der Waals surface area contributed by atoms with Gasteiger partial charge in [0.25, 0.3) is 0 Å². The molecule has 0 bridgehead atoms. The van der Waals surface area contributed by atoms with E-state index in [4.69, 9.17) is 5.11 Å². The van der Waals surface area contributed by atoms with Gasteiger partial charge in [-0.1, -0.05) is 0 Å². The zero-order chi connectivity index (χ0) is 11.3. The summed E-state index contributed by atoms with van der Waals surface area (Å²) in [5.74, 6) is -0.0419. The van der Waals surface area contributed by atoms with E-state index in [1.54, 1.807) is 17.8 Å². The lowest BCUT2D eigenvalue weighted by Crippen LogP contribution is -2.23. The molecule has 0 aliphatic rings. The van der Waals surface area contributed by atoms with Crippen molar-refractivity contribution in [2.24, 2.45) is 7.05 Å². The number of aliphatic hydroxyl groups excluding tert-OH is 1. The van der Waals surface area contributed by atoms with Crippen molar-refractivity contribution >= 4 is 5.91 Å². The molecule has 1 atom stereocenters. The normalized spacial score (nSPS) is 12.5. The van der Waals surface area contributed by atoms with Gasteiger partial charge in [-0.15, -0.1) is 0 Å². The summed E-state index contributed by atoms with van der Waals surface area (Å²) in [6.45, 7) is 2.17. The van der Waals surface area contributed by atoms with Crippen LogP contribution in [0.1, 0.15) is 25.3 Å². The maximum atomic E-state index is 11.3. The van der Waals surface area contributed by atoms with Crippen molar-refractivity contribution in [3.8, 4) is 0 Å². The van der Waals surface area contributed by atoms with Gasteiger partial charge in [0, 0.05) is 31.8 Å². The van der Waals surface area contributed by atoms with Crippen LogP contribution in [0.2, 0.25) is 0 Å². The largest absolute Gasteiger partial charge is 0.393 e. The number of aliphatic hydroxyl groups is 1. The molecule has 0 aromatic carbocycles. The quantitative estimate of drug-likeness (QED) is 0.731. The van der Waals surface area contributed by atoms with Crippen LogP contribution in [-0.2, 0) is 18.4 Å². The SMILES string of the molecule is CC(O)CCC(=O)NCc1cnn(C)c1. The molecule has 0 saturated carbocycles. The van der Waals surface area contributed by atoms with Crippen LogP contribution in [0.3, 0.4) is 0 Å². The minimum atomic E-state index is -0.422. The van der Waals surface area contributed by atoms with Crippen LogP contribution in [0.4, 0.5) is 0 Å². The molecule has 0 spiro atoms. The smallest absolute Gasteiger partial charge is 0.220 e. The Balaban J connectivity index is 2.22. The summed E-state index contributed by atoms with van der Waals surface area (Å²) >= 11 is 0. The summed E-state index contributed by atoms with van der Waals surface area (Å²) in [7, 11) is 1.83. The molecule has 1 unspecified atom stereocenters. The van der Waals surface area contributed by atoms with Crippen molar-refractivity contribution in [3.63, 3.8) is 0 Å². The highest BCUT2D eigenvalue weighted by atomic mass is 16.3. The number of nitrogens with one attached hydrogen (secondary N) is 1. The fraction of sp³-hybridized carbons (Fsp3) is 0.600. The maximum absolute atomic E-state index is 11.3. The topological polar surface area (TPSA) is 67.2 Å². The summed E-state index contributed by atoms with van der Waals surface area (Å²) in [4.78, 5) is 11.3. The highest BCUT2D eigenvalue weighted by molar-refractivity contribution is 5.75. The number of carbonyl (C=O) groups excluding carboxylic acids is 1. The van der Waals surface area contributed by atoms with Crippen LogP contribution in [0.25, 0.3) is 0 Å². The Kier molecular flexibility index (Phi) is 4.30. The zero-order valence-electron chi connectivity index (χ0n) is 9.10. The number of hydrogen-bond acceptors (Lipinski definition) is 3. The Morgan fingerprint density at radius 2 is 2.47 bits per heavy atom. The minimum absolute atomic E-state index is 0.0419.